The number of fused-ring (bicyclic) bond motifs is 1. The van der Waals surface area contributed by atoms with Crippen molar-refractivity contribution in [3.8, 4) is 18.2 Å². The fourth-order valence-corrected chi connectivity index (χ4v) is 4.30. The third-order valence-corrected chi connectivity index (χ3v) is 5.55. The summed E-state index contributed by atoms with van der Waals surface area (Å²) in [5.41, 5.74) is -1.13. The molecule has 25 heavy (non-hydrogen) atoms. The summed E-state index contributed by atoms with van der Waals surface area (Å²) in [4.78, 5) is 0. The van der Waals surface area contributed by atoms with Gasteiger partial charge >= 0.3 is 0 Å². The van der Waals surface area contributed by atoms with E-state index < -0.39 is 23.1 Å². The summed E-state index contributed by atoms with van der Waals surface area (Å²) < 4.78 is 15.2. The first-order chi connectivity index (χ1) is 12.0. The maximum atomic E-state index is 14.5. The number of hydrogen-bond acceptors (Lipinski definition) is 4. The summed E-state index contributed by atoms with van der Waals surface area (Å²) >= 11 is 3.33. The maximum absolute atomic E-state index is 14.5. The first-order valence-electron chi connectivity index (χ1n) is 7.78. The van der Waals surface area contributed by atoms with Crippen molar-refractivity contribution in [2.75, 3.05) is 13.1 Å². The molecule has 0 amide bonds. The minimum Gasteiger partial charge on any atom is -0.342 e. The average Bonchev–Trinajstić information content (AvgIpc) is 2.63. The highest BCUT2D eigenvalue weighted by Crippen LogP contribution is 2.51. The van der Waals surface area contributed by atoms with Gasteiger partial charge in [-0.2, -0.15) is 15.8 Å². The van der Waals surface area contributed by atoms with Crippen LogP contribution < -0.4 is 5.32 Å². The van der Waals surface area contributed by atoms with Crippen LogP contribution in [0.15, 0.2) is 34.3 Å². The number of nitrogens with two attached hydrogens (primary N) is 1. The number of hydrogen-bond donors (Lipinski definition) is 2. The highest BCUT2D eigenvalue weighted by molar-refractivity contribution is 9.10. The summed E-state index contributed by atoms with van der Waals surface area (Å²) in [6, 6.07) is 10.5. The van der Waals surface area contributed by atoms with Gasteiger partial charge in [-0.05, 0) is 35.4 Å². The predicted molar refractivity (Wildman–Crippen MR) is 90.6 cm³/mol. The molecule has 3 rings (SSSR count). The van der Waals surface area contributed by atoms with E-state index in [0.29, 0.717) is 28.7 Å². The summed E-state index contributed by atoms with van der Waals surface area (Å²) in [7, 11) is 0. The molecule has 0 bridgehead atoms. The van der Waals surface area contributed by atoms with Crippen molar-refractivity contribution in [2.45, 2.75) is 5.92 Å². The van der Waals surface area contributed by atoms with Crippen molar-refractivity contribution in [2.24, 2.45) is 17.3 Å². The Labute approximate surface area is 153 Å². The molecular weight excluding hydrogens is 385 g/mol. The zero-order chi connectivity index (χ0) is 18.2. The van der Waals surface area contributed by atoms with Crippen LogP contribution >= 0.6 is 15.9 Å². The number of benzene rings is 1. The van der Waals surface area contributed by atoms with Gasteiger partial charge in [0.05, 0.1) is 42.9 Å². The number of nitriles is 3. The lowest BCUT2D eigenvalue weighted by Crippen LogP contribution is -2.87. The lowest BCUT2D eigenvalue weighted by Gasteiger charge is -2.44. The molecule has 0 aromatic heterocycles. The van der Waals surface area contributed by atoms with Gasteiger partial charge < -0.3 is 10.7 Å². The summed E-state index contributed by atoms with van der Waals surface area (Å²) in [6.07, 6.45) is 1.78. The Bertz CT molecular complexity index is 888. The number of halogens is 2. The van der Waals surface area contributed by atoms with Crippen LogP contribution in [0.25, 0.3) is 0 Å². The van der Waals surface area contributed by atoms with Crippen LogP contribution in [0, 0.1) is 62.5 Å². The van der Waals surface area contributed by atoms with Crippen LogP contribution in [0.2, 0.25) is 0 Å². The molecule has 1 saturated carbocycles. The Morgan fingerprint density at radius 3 is 2.64 bits per heavy atom. The first-order valence-corrected chi connectivity index (χ1v) is 8.57. The quantitative estimate of drug-likeness (QED) is 0.705. The molecule has 1 aromatic rings. The van der Waals surface area contributed by atoms with Crippen molar-refractivity contribution in [3.05, 3.63) is 45.7 Å². The van der Waals surface area contributed by atoms with E-state index in [9.17, 15) is 20.2 Å². The van der Waals surface area contributed by atoms with E-state index in [1.54, 1.807) is 18.2 Å². The minimum absolute atomic E-state index is 0.256. The van der Waals surface area contributed by atoms with E-state index in [2.05, 4.69) is 22.0 Å². The van der Waals surface area contributed by atoms with E-state index in [0.717, 1.165) is 0 Å². The largest absolute Gasteiger partial charge is 0.342 e. The van der Waals surface area contributed by atoms with E-state index in [1.807, 2.05) is 17.5 Å². The Morgan fingerprint density at radius 2 is 2.00 bits per heavy atom. The highest BCUT2D eigenvalue weighted by Gasteiger charge is 2.57. The van der Waals surface area contributed by atoms with E-state index in [1.165, 1.54) is 6.07 Å². The van der Waals surface area contributed by atoms with Gasteiger partial charge in [0.1, 0.15) is 5.82 Å². The number of quaternary nitrogens is 1. The van der Waals surface area contributed by atoms with Crippen molar-refractivity contribution in [3.63, 3.8) is 0 Å². The normalized spacial score (nSPS) is 27.2. The zero-order valence-electron chi connectivity index (χ0n) is 13.1. The van der Waals surface area contributed by atoms with Crippen molar-refractivity contribution >= 4 is 21.6 Å². The van der Waals surface area contributed by atoms with Gasteiger partial charge in [-0.15, -0.1) is 0 Å². The standard InChI is InChI=1S/C18H13BrFN5/c19-10-1-2-15(20)11(5-10)16-12(6-21)17(24)18(8-22,9-23)14-3-4-25-7-13(14)16/h1-3,5,12-13,16,24-25H,4,7H2/p+1/t12?,13-,16+/m0/s1. The molecule has 7 heteroatoms. The molecule has 3 N–H and O–H groups in total. The Kier molecular flexibility index (Phi) is 4.43. The first kappa shape index (κ1) is 17.3. The SMILES string of the molecule is N#CC1C(=N)C(C#N)(C#N)C2=CC[NH2+]C[C@@H]2[C@@H]1c1cc(Br)ccc1F. The van der Waals surface area contributed by atoms with Crippen LogP contribution in [0.1, 0.15) is 11.5 Å². The van der Waals surface area contributed by atoms with Gasteiger partial charge in [0.25, 0.3) is 0 Å². The number of rotatable bonds is 1. The van der Waals surface area contributed by atoms with Crippen LogP contribution in [-0.2, 0) is 0 Å². The molecule has 1 heterocycles. The number of nitrogens with one attached hydrogen (secondary N) is 1. The lowest BCUT2D eigenvalue weighted by molar-refractivity contribution is -0.654. The second-order valence-electron chi connectivity index (χ2n) is 6.21. The maximum Gasteiger partial charge on any atom is 0.203 e. The molecule has 1 fully saturated rings. The predicted octanol–water partition coefficient (Wildman–Crippen LogP) is 2.00. The second kappa shape index (κ2) is 6.41. The average molecular weight is 399 g/mol. The van der Waals surface area contributed by atoms with Gasteiger partial charge in [-0.25, -0.2) is 4.39 Å². The van der Waals surface area contributed by atoms with Crippen LogP contribution in [0.5, 0.6) is 0 Å². The van der Waals surface area contributed by atoms with E-state index in [4.69, 9.17) is 5.41 Å². The topological polar surface area (TPSA) is 112 Å². The molecule has 0 radical (unpaired) electrons. The zero-order valence-corrected chi connectivity index (χ0v) is 14.7. The van der Waals surface area contributed by atoms with Gasteiger partial charge in [-0.3, -0.25) is 0 Å². The van der Waals surface area contributed by atoms with Crippen LogP contribution in [-0.4, -0.2) is 18.8 Å². The highest BCUT2D eigenvalue weighted by atomic mass is 79.9. The Morgan fingerprint density at radius 1 is 1.28 bits per heavy atom. The molecule has 1 aliphatic carbocycles. The third kappa shape index (κ3) is 2.46. The molecule has 1 aliphatic heterocycles. The monoisotopic (exact) mass is 398 g/mol. The van der Waals surface area contributed by atoms with Crippen molar-refractivity contribution in [1.82, 2.24) is 0 Å². The van der Waals surface area contributed by atoms with Gasteiger partial charge in [0.2, 0.25) is 5.41 Å². The van der Waals surface area contributed by atoms with Crippen molar-refractivity contribution < 1.29 is 9.71 Å². The molecule has 0 spiro atoms. The number of nitrogens with zero attached hydrogens (tertiary/aromatic N) is 3. The van der Waals surface area contributed by atoms with Crippen LogP contribution in [0.4, 0.5) is 4.39 Å². The lowest BCUT2D eigenvalue weighted by atomic mass is 9.55. The van der Waals surface area contributed by atoms with Crippen molar-refractivity contribution in [1.29, 1.82) is 21.2 Å². The Hall–Kier alpha value is -2.53. The molecule has 1 unspecified atom stereocenters. The molecule has 5 nitrogen and oxygen atoms in total. The van der Waals surface area contributed by atoms with E-state index >= 15 is 0 Å². The molecule has 3 atom stereocenters. The smallest absolute Gasteiger partial charge is 0.203 e. The summed E-state index contributed by atoms with van der Waals surface area (Å²) in [5, 5.41) is 39.4. The van der Waals surface area contributed by atoms with E-state index in [-0.39, 0.29) is 11.6 Å². The molecular formula is C18H14BrFN5+. The minimum atomic E-state index is -1.74. The fourth-order valence-electron chi connectivity index (χ4n) is 3.92. The summed E-state index contributed by atoms with van der Waals surface area (Å²) in [6.45, 7) is 1.13. The van der Waals surface area contributed by atoms with Crippen LogP contribution in [0.3, 0.4) is 0 Å². The summed E-state index contributed by atoms with van der Waals surface area (Å²) in [5.74, 6) is -2.44. The molecule has 124 valence electrons. The van der Waals surface area contributed by atoms with Gasteiger partial charge in [0.15, 0.2) is 0 Å². The second-order valence-corrected chi connectivity index (χ2v) is 7.13. The molecule has 0 saturated heterocycles. The third-order valence-electron chi connectivity index (χ3n) is 5.06. The molecule has 2 aliphatic rings. The van der Waals surface area contributed by atoms with Gasteiger partial charge in [0, 0.05) is 16.3 Å². The fraction of sp³-hybridized carbons (Fsp3) is 0.333. The molecule has 1 aromatic carbocycles. The van der Waals surface area contributed by atoms with Gasteiger partial charge in [-0.1, -0.05) is 15.9 Å². The Balaban J connectivity index is 2.26.